The number of nitrogens with one attached hydrogen (secondary N) is 1. The highest BCUT2D eigenvalue weighted by Crippen LogP contribution is 2.27. The van der Waals surface area contributed by atoms with Crippen LogP contribution in [0.2, 0.25) is 5.02 Å². The van der Waals surface area contributed by atoms with Gasteiger partial charge in [-0.25, -0.2) is 0 Å². The molecule has 1 aromatic rings. The Bertz CT molecular complexity index is 547. The van der Waals surface area contributed by atoms with Crippen molar-refractivity contribution in [2.75, 3.05) is 13.2 Å². The Hall–Kier alpha value is -2.15. The molecule has 114 valence electrons. The van der Waals surface area contributed by atoms with Crippen LogP contribution in [-0.4, -0.2) is 30.0 Å². The molecule has 1 aromatic carbocycles. The molecule has 1 amide bonds. The lowest BCUT2D eigenvalue weighted by Gasteiger charge is -2.07. The van der Waals surface area contributed by atoms with Gasteiger partial charge in [-0.05, 0) is 19.4 Å². The van der Waals surface area contributed by atoms with E-state index in [1.54, 1.807) is 6.92 Å². The number of ether oxygens (including phenoxy) is 1. The molecule has 7 nitrogen and oxygen atoms in total. The van der Waals surface area contributed by atoms with Gasteiger partial charge in [0, 0.05) is 19.0 Å². The van der Waals surface area contributed by atoms with Crippen molar-refractivity contribution in [1.82, 2.24) is 5.32 Å². The van der Waals surface area contributed by atoms with Gasteiger partial charge in [0.15, 0.2) is 0 Å². The van der Waals surface area contributed by atoms with Crippen LogP contribution in [0.15, 0.2) is 18.2 Å². The summed E-state index contributed by atoms with van der Waals surface area (Å²) >= 11 is 5.83. The van der Waals surface area contributed by atoms with E-state index >= 15 is 0 Å². The number of hydrogen-bond donors (Lipinski definition) is 1. The molecule has 0 saturated carbocycles. The number of nitro groups is 1. The number of esters is 1. The summed E-state index contributed by atoms with van der Waals surface area (Å²) in [6.07, 6.45) is 0.605. The Kier molecular flexibility index (Phi) is 6.61. The zero-order chi connectivity index (χ0) is 15.8. The summed E-state index contributed by atoms with van der Waals surface area (Å²) in [5.41, 5.74) is -0.294. The molecule has 0 saturated heterocycles. The number of rotatable bonds is 7. The van der Waals surface area contributed by atoms with Crippen molar-refractivity contribution in [2.45, 2.75) is 19.8 Å². The van der Waals surface area contributed by atoms with Gasteiger partial charge >= 0.3 is 5.97 Å². The van der Waals surface area contributed by atoms with E-state index in [4.69, 9.17) is 16.3 Å². The van der Waals surface area contributed by atoms with Gasteiger partial charge in [0.1, 0.15) is 5.02 Å². The summed E-state index contributed by atoms with van der Waals surface area (Å²) in [5.74, 6) is -0.854. The number of amides is 1. The van der Waals surface area contributed by atoms with Gasteiger partial charge in [-0.2, -0.15) is 0 Å². The van der Waals surface area contributed by atoms with Gasteiger partial charge in [-0.1, -0.05) is 17.7 Å². The SMILES string of the molecule is CCOC(=O)CCCNC(=O)c1cccc([N+](=O)[O-])c1Cl. The van der Waals surface area contributed by atoms with Gasteiger partial charge in [-0.3, -0.25) is 19.7 Å². The fraction of sp³-hybridized carbons (Fsp3) is 0.385. The first-order chi connectivity index (χ1) is 9.97. The molecule has 0 aliphatic rings. The summed E-state index contributed by atoms with van der Waals surface area (Å²) in [5, 5.41) is 13.1. The minimum atomic E-state index is -0.653. The molecule has 0 unspecified atom stereocenters. The Morgan fingerprint density at radius 3 is 2.76 bits per heavy atom. The molecule has 0 fully saturated rings. The number of benzene rings is 1. The third kappa shape index (κ3) is 5.03. The summed E-state index contributed by atoms with van der Waals surface area (Å²) < 4.78 is 4.75. The van der Waals surface area contributed by atoms with Crippen molar-refractivity contribution in [3.8, 4) is 0 Å². The fourth-order valence-electron chi connectivity index (χ4n) is 1.60. The van der Waals surface area contributed by atoms with Crippen molar-refractivity contribution in [3.63, 3.8) is 0 Å². The topological polar surface area (TPSA) is 98.5 Å². The van der Waals surface area contributed by atoms with E-state index in [1.165, 1.54) is 18.2 Å². The number of hydrogen-bond acceptors (Lipinski definition) is 5. The molecule has 0 bridgehead atoms. The largest absolute Gasteiger partial charge is 0.466 e. The standard InChI is InChI=1S/C13H15ClN2O5/c1-2-21-11(17)7-4-8-15-13(18)9-5-3-6-10(12(9)14)16(19)20/h3,5-6H,2,4,7-8H2,1H3,(H,15,18). The average molecular weight is 315 g/mol. The maximum Gasteiger partial charge on any atom is 0.305 e. The summed E-state index contributed by atoms with van der Waals surface area (Å²) in [6.45, 7) is 2.27. The van der Waals surface area contributed by atoms with E-state index in [0.29, 0.717) is 13.0 Å². The van der Waals surface area contributed by atoms with E-state index in [2.05, 4.69) is 5.32 Å². The summed E-state index contributed by atoms with van der Waals surface area (Å²) in [7, 11) is 0. The van der Waals surface area contributed by atoms with Crippen molar-refractivity contribution >= 4 is 29.2 Å². The van der Waals surface area contributed by atoms with E-state index in [-0.39, 0.29) is 35.2 Å². The highest BCUT2D eigenvalue weighted by Gasteiger charge is 2.19. The van der Waals surface area contributed by atoms with Crippen LogP contribution in [0.4, 0.5) is 5.69 Å². The maximum atomic E-state index is 11.9. The second kappa shape index (κ2) is 8.21. The van der Waals surface area contributed by atoms with Crippen LogP contribution in [-0.2, 0) is 9.53 Å². The molecule has 0 aliphatic heterocycles. The van der Waals surface area contributed by atoms with Crippen LogP contribution >= 0.6 is 11.6 Å². The van der Waals surface area contributed by atoms with E-state index in [1.807, 2.05) is 0 Å². The van der Waals surface area contributed by atoms with Gasteiger partial charge in [0.25, 0.3) is 11.6 Å². The highest BCUT2D eigenvalue weighted by atomic mass is 35.5. The van der Waals surface area contributed by atoms with Crippen LogP contribution < -0.4 is 5.32 Å². The Morgan fingerprint density at radius 1 is 1.43 bits per heavy atom. The third-order valence-electron chi connectivity index (χ3n) is 2.57. The second-order valence-electron chi connectivity index (χ2n) is 4.06. The van der Waals surface area contributed by atoms with Gasteiger partial charge < -0.3 is 10.1 Å². The van der Waals surface area contributed by atoms with Crippen LogP contribution in [0.25, 0.3) is 0 Å². The van der Waals surface area contributed by atoms with E-state index in [0.717, 1.165) is 0 Å². The Labute approximate surface area is 126 Å². The summed E-state index contributed by atoms with van der Waals surface area (Å²) in [4.78, 5) is 33.1. The molecule has 1 rings (SSSR count). The first-order valence-electron chi connectivity index (χ1n) is 6.34. The first-order valence-corrected chi connectivity index (χ1v) is 6.71. The maximum absolute atomic E-state index is 11.9. The number of nitrogens with zero attached hydrogens (tertiary/aromatic N) is 1. The molecule has 8 heteroatoms. The van der Waals surface area contributed by atoms with Crippen molar-refractivity contribution < 1.29 is 19.2 Å². The molecule has 1 N–H and O–H groups in total. The van der Waals surface area contributed by atoms with E-state index in [9.17, 15) is 19.7 Å². The minimum absolute atomic E-state index is 0.0296. The molecular weight excluding hydrogens is 300 g/mol. The quantitative estimate of drug-likeness (QED) is 0.360. The van der Waals surface area contributed by atoms with Crippen LogP contribution in [0, 0.1) is 10.1 Å². The fourth-order valence-corrected chi connectivity index (χ4v) is 1.88. The van der Waals surface area contributed by atoms with Gasteiger partial charge in [-0.15, -0.1) is 0 Å². The smallest absolute Gasteiger partial charge is 0.305 e. The first kappa shape index (κ1) is 16.9. The monoisotopic (exact) mass is 314 g/mol. The normalized spacial score (nSPS) is 10.0. The van der Waals surface area contributed by atoms with Gasteiger partial charge in [0.2, 0.25) is 0 Å². The van der Waals surface area contributed by atoms with Crippen molar-refractivity contribution in [1.29, 1.82) is 0 Å². The average Bonchev–Trinajstić information content (AvgIpc) is 2.43. The Morgan fingerprint density at radius 2 is 2.14 bits per heavy atom. The molecule has 0 atom stereocenters. The minimum Gasteiger partial charge on any atom is -0.466 e. The van der Waals surface area contributed by atoms with Crippen molar-refractivity contribution in [2.24, 2.45) is 0 Å². The number of carbonyl (C=O) groups excluding carboxylic acids is 2. The number of halogens is 1. The number of nitro benzene ring substituents is 1. The van der Waals surface area contributed by atoms with E-state index < -0.39 is 10.8 Å². The van der Waals surface area contributed by atoms with Crippen LogP contribution in [0.3, 0.4) is 0 Å². The Balaban J connectivity index is 2.55. The van der Waals surface area contributed by atoms with Crippen LogP contribution in [0.1, 0.15) is 30.1 Å². The lowest BCUT2D eigenvalue weighted by molar-refractivity contribution is -0.384. The predicted molar refractivity (Wildman–Crippen MR) is 76.3 cm³/mol. The molecule has 0 spiro atoms. The van der Waals surface area contributed by atoms with Crippen LogP contribution in [0.5, 0.6) is 0 Å². The third-order valence-corrected chi connectivity index (χ3v) is 2.97. The second-order valence-corrected chi connectivity index (χ2v) is 4.44. The number of carbonyl (C=O) groups is 2. The molecule has 0 aliphatic carbocycles. The lowest BCUT2D eigenvalue weighted by atomic mass is 10.2. The summed E-state index contributed by atoms with van der Waals surface area (Å²) in [6, 6.07) is 4.01. The van der Waals surface area contributed by atoms with Crippen molar-refractivity contribution in [3.05, 3.63) is 38.9 Å². The molecule has 0 aromatic heterocycles. The molecule has 0 radical (unpaired) electrons. The molecule has 21 heavy (non-hydrogen) atoms. The zero-order valence-electron chi connectivity index (χ0n) is 11.4. The molecule has 0 heterocycles. The van der Waals surface area contributed by atoms with Gasteiger partial charge in [0.05, 0.1) is 17.1 Å². The predicted octanol–water partition coefficient (Wildman–Crippen LogP) is 2.32. The highest BCUT2D eigenvalue weighted by molar-refractivity contribution is 6.35. The molecular formula is C13H15ClN2O5. The zero-order valence-corrected chi connectivity index (χ0v) is 12.2. The lowest BCUT2D eigenvalue weighted by Crippen LogP contribution is -2.25.